The fourth-order valence-electron chi connectivity index (χ4n) is 0.750. The van der Waals surface area contributed by atoms with Crippen LogP contribution in [0.25, 0.3) is 0 Å². The van der Waals surface area contributed by atoms with E-state index in [4.69, 9.17) is 5.11 Å². The number of carboxylic acid groups (broad SMARTS) is 1. The number of carbonyl (C=O) groups excluding carboxylic acids is 2. The van der Waals surface area contributed by atoms with Gasteiger partial charge in [0.05, 0.1) is 0 Å². The lowest BCUT2D eigenvalue weighted by molar-refractivity contribution is -0.143. The van der Waals surface area contributed by atoms with E-state index in [1.807, 2.05) is 5.32 Å². The van der Waals surface area contributed by atoms with E-state index in [9.17, 15) is 14.4 Å². The summed E-state index contributed by atoms with van der Waals surface area (Å²) in [6, 6.07) is -0.786. The van der Waals surface area contributed by atoms with Crippen molar-refractivity contribution in [2.75, 3.05) is 18.5 Å². The molecule has 92 valence electrons. The molecule has 1 rings (SSSR count). The summed E-state index contributed by atoms with van der Waals surface area (Å²) in [4.78, 5) is 32.2. The highest BCUT2D eigenvalue weighted by molar-refractivity contribution is 7.13. The van der Waals surface area contributed by atoms with E-state index in [0.29, 0.717) is 0 Å². The molecule has 0 aliphatic heterocycles. The molecule has 0 atom stereocenters. The number of aliphatic carboxylic acids is 1. The normalized spacial score (nSPS) is 9.65. The molecule has 0 saturated carbocycles. The average molecular weight is 260 g/mol. The summed E-state index contributed by atoms with van der Waals surface area (Å²) in [5.74, 6) is -1.95. The topological polar surface area (TPSA) is 131 Å². The lowest BCUT2D eigenvalue weighted by Gasteiger charge is -2.03. The monoisotopic (exact) mass is 260 g/mol. The molecule has 10 heteroatoms. The zero-order chi connectivity index (χ0) is 12.7. The van der Waals surface area contributed by atoms with Crippen molar-refractivity contribution in [1.29, 1.82) is 0 Å². The summed E-state index contributed by atoms with van der Waals surface area (Å²) in [6.07, 6.45) is 0. The number of anilines is 1. The minimum Gasteiger partial charge on any atom is -0.480 e. The molecule has 0 aliphatic rings. The molecule has 17 heavy (non-hydrogen) atoms. The Morgan fingerprint density at radius 1 is 1.41 bits per heavy atom. The lowest BCUT2D eigenvalue weighted by atomic mass is 10.6. The van der Waals surface area contributed by atoms with Crippen molar-refractivity contribution in [2.24, 2.45) is 0 Å². The van der Waals surface area contributed by atoms with Crippen LogP contribution in [0.15, 0.2) is 5.51 Å². The molecular weight excluding hydrogens is 252 g/mol. The Labute approximate surface area is 98.8 Å². The van der Waals surface area contributed by atoms with Crippen molar-refractivity contribution >= 4 is 34.4 Å². The number of hydrogen-bond acceptors (Lipinski definition) is 7. The second kappa shape index (κ2) is 6.50. The van der Waals surface area contributed by atoms with Gasteiger partial charge in [-0.05, 0) is 0 Å². The van der Waals surface area contributed by atoms with Crippen LogP contribution in [0.5, 0.6) is 0 Å². The second-order valence-corrected chi connectivity index (χ2v) is 3.47. The Kier molecular flexibility index (Phi) is 4.97. The molecule has 0 radical (unpaired) electrons. The first-order chi connectivity index (χ1) is 8.08. The number of nitrogens with one attached hydrogen (secondary N) is 2. The molecule has 0 bridgehead atoms. The number of urea groups is 1. The van der Waals surface area contributed by atoms with Crippen molar-refractivity contribution in [3.8, 4) is 0 Å². The van der Waals surface area contributed by atoms with Gasteiger partial charge in [-0.1, -0.05) is 11.3 Å². The Morgan fingerprint density at radius 2 is 2.18 bits per heavy atom. The Bertz CT molecular complexity index is 406. The largest absolute Gasteiger partial charge is 0.480 e. The number of carboxylic acids is 1. The predicted octanol–water partition coefficient (Wildman–Crippen LogP) is -0.713. The molecule has 9 nitrogen and oxygen atoms in total. The third-order valence-corrected chi connectivity index (χ3v) is 1.90. The standard InChI is InChI=1S/C7H8N4O5S/c12-4(1-16-2-5(13)14)9-6(15)10-7-11-8-3-17-7/h3H,1-2H2,(H,13,14)(H2,9,10,11,12,15). The van der Waals surface area contributed by atoms with E-state index in [0.717, 1.165) is 11.3 Å². The molecule has 3 amide bonds. The van der Waals surface area contributed by atoms with E-state index in [1.165, 1.54) is 5.51 Å². The molecule has 0 fully saturated rings. The van der Waals surface area contributed by atoms with Crippen molar-refractivity contribution in [3.63, 3.8) is 0 Å². The average Bonchev–Trinajstić information content (AvgIpc) is 2.69. The molecule has 1 aromatic heterocycles. The van der Waals surface area contributed by atoms with Crippen LogP contribution >= 0.6 is 11.3 Å². The number of nitrogens with zero attached hydrogens (tertiary/aromatic N) is 2. The lowest BCUT2D eigenvalue weighted by Crippen LogP contribution is -2.37. The van der Waals surface area contributed by atoms with Crippen LogP contribution in [0, 0.1) is 0 Å². The number of ether oxygens (including phenoxy) is 1. The van der Waals surface area contributed by atoms with E-state index < -0.39 is 31.1 Å². The molecule has 1 heterocycles. The maximum atomic E-state index is 11.1. The minimum absolute atomic E-state index is 0.238. The summed E-state index contributed by atoms with van der Waals surface area (Å²) in [5, 5.41) is 19.6. The number of aromatic nitrogens is 2. The first-order valence-corrected chi connectivity index (χ1v) is 5.12. The number of imide groups is 1. The van der Waals surface area contributed by atoms with Gasteiger partial charge in [0.2, 0.25) is 5.13 Å². The Balaban J connectivity index is 2.22. The van der Waals surface area contributed by atoms with Crippen LogP contribution in [0.1, 0.15) is 0 Å². The molecule has 0 aromatic carbocycles. The fraction of sp³-hybridized carbons (Fsp3) is 0.286. The first kappa shape index (κ1) is 13.0. The summed E-state index contributed by atoms with van der Waals surface area (Å²) in [5.41, 5.74) is 1.41. The van der Waals surface area contributed by atoms with Crippen LogP contribution in [-0.2, 0) is 14.3 Å². The zero-order valence-corrected chi connectivity index (χ0v) is 9.19. The van der Waals surface area contributed by atoms with Crippen LogP contribution in [0.3, 0.4) is 0 Å². The quantitative estimate of drug-likeness (QED) is 0.637. The van der Waals surface area contributed by atoms with E-state index in [-0.39, 0.29) is 5.13 Å². The number of hydrogen-bond donors (Lipinski definition) is 3. The van der Waals surface area contributed by atoms with Crippen molar-refractivity contribution in [3.05, 3.63) is 5.51 Å². The van der Waals surface area contributed by atoms with Crippen LogP contribution in [0.2, 0.25) is 0 Å². The zero-order valence-electron chi connectivity index (χ0n) is 8.37. The van der Waals surface area contributed by atoms with E-state index in [1.54, 1.807) is 0 Å². The Hall–Kier alpha value is -2.07. The highest BCUT2D eigenvalue weighted by atomic mass is 32.1. The third-order valence-electron chi connectivity index (χ3n) is 1.29. The van der Waals surface area contributed by atoms with E-state index in [2.05, 4.69) is 20.3 Å². The summed E-state index contributed by atoms with van der Waals surface area (Å²) >= 11 is 1.09. The predicted molar refractivity (Wildman–Crippen MR) is 55.5 cm³/mol. The minimum atomic E-state index is -1.20. The van der Waals surface area contributed by atoms with Crippen molar-refractivity contribution in [2.45, 2.75) is 0 Å². The highest BCUT2D eigenvalue weighted by Crippen LogP contribution is 2.06. The maximum absolute atomic E-state index is 11.1. The van der Waals surface area contributed by atoms with Crippen LogP contribution in [0.4, 0.5) is 9.93 Å². The van der Waals surface area contributed by atoms with Gasteiger partial charge < -0.3 is 9.84 Å². The van der Waals surface area contributed by atoms with Crippen molar-refractivity contribution < 1.29 is 24.2 Å². The molecule has 0 unspecified atom stereocenters. The molecule has 0 aliphatic carbocycles. The molecule has 1 aromatic rings. The van der Waals surface area contributed by atoms with Crippen LogP contribution < -0.4 is 10.6 Å². The number of carbonyl (C=O) groups is 3. The number of amides is 3. The molecular formula is C7H8N4O5S. The van der Waals surface area contributed by atoms with Gasteiger partial charge >= 0.3 is 12.0 Å². The summed E-state index contributed by atoms with van der Waals surface area (Å²) in [7, 11) is 0. The molecule has 0 spiro atoms. The van der Waals surface area contributed by atoms with Gasteiger partial charge in [0.15, 0.2) is 0 Å². The molecule has 0 saturated heterocycles. The van der Waals surface area contributed by atoms with E-state index >= 15 is 0 Å². The molecule has 3 N–H and O–H groups in total. The first-order valence-electron chi connectivity index (χ1n) is 4.24. The summed E-state index contributed by atoms with van der Waals surface area (Å²) in [6.45, 7) is -1.12. The fourth-order valence-corrected chi connectivity index (χ4v) is 1.19. The smallest absolute Gasteiger partial charge is 0.329 e. The summed E-state index contributed by atoms with van der Waals surface area (Å²) < 4.78 is 4.48. The Morgan fingerprint density at radius 3 is 2.76 bits per heavy atom. The maximum Gasteiger partial charge on any atom is 0.329 e. The second-order valence-electron chi connectivity index (χ2n) is 2.63. The van der Waals surface area contributed by atoms with Gasteiger partial charge in [0.1, 0.15) is 18.7 Å². The van der Waals surface area contributed by atoms with Crippen molar-refractivity contribution in [1.82, 2.24) is 15.5 Å². The van der Waals surface area contributed by atoms with Crippen LogP contribution in [-0.4, -0.2) is 46.4 Å². The SMILES string of the molecule is O=C(O)COCC(=O)NC(=O)Nc1nncs1. The van der Waals surface area contributed by atoms with Gasteiger partial charge in [0.25, 0.3) is 5.91 Å². The van der Waals surface area contributed by atoms with Gasteiger partial charge in [0, 0.05) is 0 Å². The van der Waals surface area contributed by atoms with Gasteiger partial charge in [-0.25, -0.2) is 9.59 Å². The third kappa shape index (κ3) is 5.53. The van der Waals surface area contributed by atoms with Gasteiger partial charge in [-0.2, -0.15) is 0 Å². The highest BCUT2D eigenvalue weighted by Gasteiger charge is 2.09. The van der Waals surface area contributed by atoms with Gasteiger partial charge in [-0.3, -0.25) is 15.4 Å². The number of rotatable bonds is 5. The van der Waals surface area contributed by atoms with Gasteiger partial charge in [-0.15, -0.1) is 10.2 Å².